The summed E-state index contributed by atoms with van der Waals surface area (Å²) in [4.78, 5) is 35.4. The Bertz CT molecular complexity index is 1040. The van der Waals surface area contributed by atoms with Gasteiger partial charge in [0.25, 0.3) is 0 Å². The topological polar surface area (TPSA) is 91.7 Å². The Hall–Kier alpha value is -3.38. The molecule has 3 aromatic carbocycles. The second-order valence-electron chi connectivity index (χ2n) is 6.67. The fraction of sp³-hybridized carbons (Fsp3) is 0.125. The highest BCUT2D eigenvalue weighted by Gasteiger charge is 2.22. The molecule has 0 aromatic heterocycles. The molecule has 0 aliphatic carbocycles. The van der Waals surface area contributed by atoms with Crippen LogP contribution in [0.3, 0.4) is 0 Å². The lowest BCUT2D eigenvalue weighted by molar-refractivity contribution is -0.137. The van der Waals surface area contributed by atoms with E-state index < -0.39 is 22.3 Å². The van der Waals surface area contributed by atoms with Gasteiger partial charge in [-0.2, -0.15) is 0 Å². The summed E-state index contributed by atoms with van der Waals surface area (Å²) in [5.41, 5.74) is 2.94. The second kappa shape index (κ2) is 9.89. The molecule has 0 aliphatic heterocycles. The van der Waals surface area contributed by atoms with Crippen LogP contribution in [0.2, 0.25) is 0 Å². The molecule has 1 unspecified atom stereocenters. The van der Waals surface area contributed by atoms with E-state index in [1.165, 1.54) is 12.1 Å². The van der Waals surface area contributed by atoms with Gasteiger partial charge in [0.2, 0.25) is 5.12 Å². The standard InChI is InChI=1S/C24H20O5S/c25-22(26)15-14-21(30-24(29)20-9-5-4-8-19(20)23(27)28)18-12-10-17(11-13-18)16-6-2-1-3-7-16/h1-13,21H,14-15H2,(H,25,26)(H,27,28). The minimum Gasteiger partial charge on any atom is -0.481 e. The Balaban J connectivity index is 1.85. The molecular formula is C24H20O5S. The van der Waals surface area contributed by atoms with Gasteiger partial charge >= 0.3 is 11.9 Å². The average Bonchev–Trinajstić information content (AvgIpc) is 2.77. The van der Waals surface area contributed by atoms with E-state index >= 15 is 0 Å². The van der Waals surface area contributed by atoms with Crippen LogP contribution < -0.4 is 0 Å². The zero-order valence-corrected chi connectivity index (χ0v) is 16.8. The van der Waals surface area contributed by atoms with Crippen LogP contribution in [0.4, 0.5) is 0 Å². The van der Waals surface area contributed by atoms with Gasteiger partial charge in [-0.05, 0) is 35.2 Å². The number of rotatable bonds is 8. The molecule has 0 heterocycles. The van der Waals surface area contributed by atoms with Crippen molar-refractivity contribution >= 4 is 28.8 Å². The van der Waals surface area contributed by atoms with Crippen LogP contribution in [0.25, 0.3) is 11.1 Å². The van der Waals surface area contributed by atoms with Gasteiger partial charge in [-0.3, -0.25) is 9.59 Å². The quantitative estimate of drug-likeness (QED) is 0.498. The van der Waals surface area contributed by atoms with Gasteiger partial charge in [-0.15, -0.1) is 0 Å². The van der Waals surface area contributed by atoms with E-state index in [0.29, 0.717) is 0 Å². The first kappa shape index (κ1) is 21.3. The molecule has 152 valence electrons. The maximum atomic E-state index is 12.8. The second-order valence-corrected chi connectivity index (χ2v) is 7.84. The van der Waals surface area contributed by atoms with Crippen molar-refractivity contribution in [2.45, 2.75) is 18.1 Å². The van der Waals surface area contributed by atoms with Crippen molar-refractivity contribution in [3.8, 4) is 11.1 Å². The predicted octanol–water partition coefficient (Wildman–Crippen LogP) is 5.53. The zero-order valence-electron chi connectivity index (χ0n) is 16.0. The van der Waals surface area contributed by atoms with Crippen LogP contribution in [-0.2, 0) is 4.79 Å². The summed E-state index contributed by atoms with van der Waals surface area (Å²) in [5, 5.41) is 17.6. The van der Waals surface area contributed by atoms with Gasteiger partial charge in [-0.25, -0.2) is 4.79 Å². The smallest absolute Gasteiger partial charge is 0.336 e. The van der Waals surface area contributed by atoms with Crippen molar-refractivity contribution in [3.63, 3.8) is 0 Å². The first-order chi connectivity index (χ1) is 14.5. The molecule has 1 atom stereocenters. The summed E-state index contributed by atoms with van der Waals surface area (Å²) < 4.78 is 0. The molecule has 0 spiro atoms. The van der Waals surface area contributed by atoms with E-state index in [1.807, 2.05) is 54.6 Å². The predicted molar refractivity (Wildman–Crippen MR) is 117 cm³/mol. The first-order valence-electron chi connectivity index (χ1n) is 9.36. The van der Waals surface area contributed by atoms with Gasteiger partial charge < -0.3 is 10.2 Å². The largest absolute Gasteiger partial charge is 0.481 e. The lowest BCUT2D eigenvalue weighted by atomic mass is 10.0. The number of hydrogen-bond donors (Lipinski definition) is 2. The third-order valence-electron chi connectivity index (χ3n) is 4.64. The lowest BCUT2D eigenvalue weighted by Crippen LogP contribution is -2.09. The molecule has 0 fully saturated rings. The van der Waals surface area contributed by atoms with Gasteiger partial charge in [0, 0.05) is 17.2 Å². The normalized spacial score (nSPS) is 11.6. The highest BCUT2D eigenvalue weighted by Crippen LogP contribution is 2.37. The summed E-state index contributed by atoms with van der Waals surface area (Å²) in [6, 6.07) is 23.5. The van der Waals surface area contributed by atoms with E-state index in [4.69, 9.17) is 5.11 Å². The number of carbonyl (C=O) groups is 3. The molecule has 30 heavy (non-hydrogen) atoms. The fourth-order valence-corrected chi connectivity index (χ4v) is 4.20. The van der Waals surface area contributed by atoms with E-state index in [0.717, 1.165) is 28.5 Å². The van der Waals surface area contributed by atoms with Crippen molar-refractivity contribution in [1.29, 1.82) is 0 Å². The van der Waals surface area contributed by atoms with Crippen LogP contribution in [0.15, 0.2) is 78.9 Å². The summed E-state index contributed by atoms with van der Waals surface area (Å²) in [5.74, 6) is -2.12. The number of carbonyl (C=O) groups excluding carboxylic acids is 1. The van der Waals surface area contributed by atoms with Gasteiger partial charge in [0.05, 0.1) is 5.56 Å². The van der Waals surface area contributed by atoms with Crippen molar-refractivity contribution in [1.82, 2.24) is 0 Å². The molecular weight excluding hydrogens is 400 g/mol. The summed E-state index contributed by atoms with van der Waals surface area (Å²) in [6.07, 6.45) is 0.164. The van der Waals surface area contributed by atoms with Crippen LogP contribution >= 0.6 is 11.8 Å². The molecule has 0 amide bonds. The van der Waals surface area contributed by atoms with Gasteiger partial charge in [-0.1, -0.05) is 78.5 Å². The number of carboxylic acids is 2. The Morgan fingerprint density at radius 2 is 1.30 bits per heavy atom. The van der Waals surface area contributed by atoms with Gasteiger partial charge in [0.1, 0.15) is 0 Å². The number of thioether (sulfide) groups is 1. The van der Waals surface area contributed by atoms with E-state index in [9.17, 15) is 19.5 Å². The van der Waals surface area contributed by atoms with Crippen LogP contribution in [-0.4, -0.2) is 27.3 Å². The molecule has 0 saturated heterocycles. The van der Waals surface area contributed by atoms with Gasteiger partial charge in [0.15, 0.2) is 0 Å². The number of hydrogen-bond acceptors (Lipinski definition) is 4. The van der Waals surface area contributed by atoms with Crippen LogP contribution in [0.1, 0.15) is 44.4 Å². The average molecular weight is 420 g/mol. The van der Waals surface area contributed by atoms with Crippen LogP contribution in [0, 0.1) is 0 Å². The molecule has 6 heteroatoms. The molecule has 5 nitrogen and oxygen atoms in total. The number of aliphatic carboxylic acids is 1. The van der Waals surface area contributed by atoms with Crippen molar-refractivity contribution < 1.29 is 24.6 Å². The minimum atomic E-state index is -1.17. The molecule has 3 aromatic rings. The Morgan fingerprint density at radius 1 is 0.733 bits per heavy atom. The van der Waals surface area contributed by atoms with E-state index in [1.54, 1.807) is 12.1 Å². The Labute approximate surface area is 178 Å². The number of carboxylic acid groups (broad SMARTS) is 2. The molecule has 0 saturated carbocycles. The maximum Gasteiger partial charge on any atom is 0.336 e. The highest BCUT2D eigenvalue weighted by atomic mass is 32.2. The fourth-order valence-electron chi connectivity index (χ4n) is 3.11. The van der Waals surface area contributed by atoms with E-state index in [-0.39, 0.29) is 24.0 Å². The number of benzene rings is 3. The minimum absolute atomic E-state index is 0.0635. The maximum absolute atomic E-state index is 12.8. The third kappa shape index (κ3) is 5.36. The third-order valence-corrected chi connectivity index (χ3v) is 5.86. The molecule has 0 bridgehead atoms. The summed E-state index contributed by atoms with van der Waals surface area (Å²) >= 11 is 0.961. The van der Waals surface area contributed by atoms with Crippen molar-refractivity contribution in [3.05, 3.63) is 95.6 Å². The first-order valence-corrected chi connectivity index (χ1v) is 10.2. The molecule has 2 N–H and O–H groups in total. The molecule has 0 radical (unpaired) electrons. The van der Waals surface area contributed by atoms with Crippen molar-refractivity contribution in [2.24, 2.45) is 0 Å². The Morgan fingerprint density at radius 3 is 1.90 bits per heavy atom. The summed E-state index contributed by atoms with van der Waals surface area (Å²) in [6.45, 7) is 0. The van der Waals surface area contributed by atoms with E-state index in [2.05, 4.69) is 0 Å². The van der Waals surface area contributed by atoms with Crippen molar-refractivity contribution in [2.75, 3.05) is 0 Å². The lowest BCUT2D eigenvalue weighted by Gasteiger charge is -2.16. The summed E-state index contributed by atoms with van der Waals surface area (Å²) in [7, 11) is 0. The number of aromatic carboxylic acids is 1. The highest BCUT2D eigenvalue weighted by molar-refractivity contribution is 8.14. The monoisotopic (exact) mass is 420 g/mol. The Kier molecular flexibility index (Phi) is 7.03. The molecule has 3 rings (SSSR count). The zero-order chi connectivity index (χ0) is 21.5. The van der Waals surface area contributed by atoms with Crippen LogP contribution in [0.5, 0.6) is 0 Å². The molecule has 0 aliphatic rings. The SMILES string of the molecule is O=C(O)CCC(SC(=O)c1ccccc1C(=O)O)c1ccc(-c2ccccc2)cc1.